The lowest BCUT2D eigenvalue weighted by Crippen LogP contribution is -2.40. The number of nitrogens with zero attached hydrogens (tertiary/aromatic N) is 3. The molecule has 0 aliphatic heterocycles. The van der Waals surface area contributed by atoms with Gasteiger partial charge in [-0.3, -0.25) is 13.9 Å². The largest absolute Gasteiger partial charge is 0.331 e. The Bertz CT molecular complexity index is 909. The molecule has 0 radical (unpaired) electrons. The smallest absolute Gasteiger partial charge is 0.296 e. The molecule has 0 saturated heterocycles. The minimum Gasteiger partial charge on any atom is -0.296 e. The summed E-state index contributed by atoms with van der Waals surface area (Å²) in [6.07, 6.45) is 3.89. The van der Waals surface area contributed by atoms with E-state index in [0.29, 0.717) is 18.0 Å². The molecule has 0 unspecified atom stereocenters. The Morgan fingerprint density at radius 1 is 1.29 bits per heavy atom. The lowest BCUT2D eigenvalue weighted by atomic mass is 10.3. The molecule has 1 heterocycles. The van der Waals surface area contributed by atoms with Crippen LogP contribution in [0.3, 0.4) is 0 Å². The first-order chi connectivity index (χ1) is 11.6. The van der Waals surface area contributed by atoms with Gasteiger partial charge in [0.1, 0.15) is 11.6 Å². The van der Waals surface area contributed by atoms with E-state index in [4.69, 9.17) is 16.9 Å². The number of thioether (sulfide) groups is 1. The number of hydrogen-bond acceptors (Lipinski definition) is 4. The molecule has 124 valence electrons. The third kappa shape index (κ3) is 3.58. The topological polar surface area (TPSA) is 67.8 Å². The van der Waals surface area contributed by atoms with Gasteiger partial charge in [0.05, 0.1) is 5.02 Å². The van der Waals surface area contributed by atoms with Gasteiger partial charge in [-0.05, 0) is 37.1 Å². The highest BCUT2D eigenvalue weighted by Crippen LogP contribution is 2.33. The molecule has 1 fully saturated rings. The summed E-state index contributed by atoms with van der Waals surface area (Å²) < 4.78 is 2.71. The van der Waals surface area contributed by atoms with Gasteiger partial charge < -0.3 is 0 Å². The number of nitriles is 1. The SMILES string of the molecule is N#Cc1cn(C2CC2)c(=O)n(CCCSc2ccccc2Cl)c1=O. The number of rotatable bonds is 6. The second kappa shape index (κ2) is 7.29. The highest BCUT2D eigenvalue weighted by Gasteiger charge is 2.26. The van der Waals surface area contributed by atoms with E-state index in [1.807, 2.05) is 30.3 Å². The first-order valence-corrected chi connectivity index (χ1v) is 9.11. The normalized spacial score (nSPS) is 13.7. The van der Waals surface area contributed by atoms with Crippen molar-refractivity contribution in [3.8, 4) is 6.07 Å². The maximum atomic E-state index is 12.4. The first kappa shape index (κ1) is 16.9. The molecule has 1 aromatic heterocycles. The molecule has 7 heteroatoms. The molecule has 0 spiro atoms. The van der Waals surface area contributed by atoms with Crippen molar-refractivity contribution < 1.29 is 0 Å². The van der Waals surface area contributed by atoms with Crippen LogP contribution < -0.4 is 11.2 Å². The molecular weight excluding hydrogens is 346 g/mol. The summed E-state index contributed by atoms with van der Waals surface area (Å²) >= 11 is 7.70. The van der Waals surface area contributed by atoms with Crippen molar-refractivity contribution in [2.75, 3.05) is 5.75 Å². The van der Waals surface area contributed by atoms with E-state index in [1.54, 1.807) is 11.8 Å². The van der Waals surface area contributed by atoms with Gasteiger partial charge in [-0.2, -0.15) is 5.26 Å². The summed E-state index contributed by atoms with van der Waals surface area (Å²) in [5.74, 6) is 0.732. The second-order valence-corrected chi connectivity index (χ2v) is 7.21. The van der Waals surface area contributed by atoms with E-state index in [0.717, 1.165) is 23.5 Å². The number of aromatic nitrogens is 2. The van der Waals surface area contributed by atoms with Gasteiger partial charge in [0, 0.05) is 23.7 Å². The average Bonchev–Trinajstić information content (AvgIpc) is 3.41. The van der Waals surface area contributed by atoms with Crippen molar-refractivity contribution >= 4 is 23.4 Å². The molecule has 0 amide bonds. The quantitative estimate of drug-likeness (QED) is 0.585. The van der Waals surface area contributed by atoms with Crippen LogP contribution in [0.15, 0.2) is 44.9 Å². The van der Waals surface area contributed by atoms with Gasteiger partial charge in [-0.15, -0.1) is 11.8 Å². The van der Waals surface area contributed by atoms with Crippen molar-refractivity contribution in [2.45, 2.75) is 36.7 Å². The summed E-state index contributed by atoms with van der Waals surface area (Å²) in [4.78, 5) is 25.7. The van der Waals surface area contributed by atoms with E-state index in [1.165, 1.54) is 15.3 Å². The minimum absolute atomic E-state index is 0.0280. The molecule has 1 saturated carbocycles. The van der Waals surface area contributed by atoms with Gasteiger partial charge in [0.25, 0.3) is 5.56 Å². The van der Waals surface area contributed by atoms with Gasteiger partial charge in [0.2, 0.25) is 0 Å². The maximum Gasteiger partial charge on any atom is 0.331 e. The van der Waals surface area contributed by atoms with Crippen LogP contribution in [-0.2, 0) is 6.54 Å². The summed E-state index contributed by atoms with van der Waals surface area (Å²) in [5, 5.41) is 9.81. The Kier molecular flexibility index (Phi) is 5.12. The van der Waals surface area contributed by atoms with Crippen molar-refractivity contribution in [1.82, 2.24) is 9.13 Å². The monoisotopic (exact) mass is 361 g/mol. The lowest BCUT2D eigenvalue weighted by Gasteiger charge is -2.10. The van der Waals surface area contributed by atoms with E-state index < -0.39 is 5.56 Å². The fourth-order valence-electron chi connectivity index (χ4n) is 2.48. The third-order valence-corrected chi connectivity index (χ3v) is 5.48. The van der Waals surface area contributed by atoms with Gasteiger partial charge >= 0.3 is 5.69 Å². The summed E-state index contributed by atoms with van der Waals surface area (Å²) in [7, 11) is 0. The molecule has 5 nitrogen and oxygen atoms in total. The van der Waals surface area contributed by atoms with Crippen molar-refractivity contribution in [3.05, 3.63) is 61.9 Å². The Morgan fingerprint density at radius 3 is 2.71 bits per heavy atom. The van der Waals surface area contributed by atoms with Gasteiger partial charge in [0.15, 0.2) is 0 Å². The van der Waals surface area contributed by atoms with Crippen LogP contribution >= 0.6 is 23.4 Å². The van der Waals surface area contributed by atoms with Crippen LogP contribution in [0.25, 0.3) is 0 Å². The number of benzene rings is 1. The fraction of sp³-hybridized carbons (Fsp3) is 0.353. The number of halogens is 1. The Hall–Kier alpha value is -1.97. The molecular formula is C17H16ClN3O2S. The van der Waals surface area contributed by atoms with Gasteiger partial charge in [-0.1, -0.05) is 23.7 Å². The minimum atomic E-state index is -0.498. The van der Waals surface area contributed by atoms with Crippen LogP contribution in [0.2, 0.25) is 5.02 Å². The van der Waals surface area contributed by atoms with E-state index in [-0.39, 0.29) is 17.3 Å². The zero-order chi connectivity index (χ0) is 17.1. The summed E-state index contributed by atoms with van der Waals surface area (Å²) in [6.45, 7) is 0.303. The fourth-order valence-corrected chi connectivity index (χ4v) is 3.65. The van der Waals surface area contributed by atoms with Gasteiger partial charge in [-0.25, -0.2) is 4.79 Å². The first-order valence-electron chi connectivity index (χ1n) is 7.75. The Morgan fingerprint density at radius 2 is 2.04 bits per heavy atom. The molecule has 24 heavy (non-hydrogen) atoms. The third-order valence-electron chi connectivity index (χ3n) is 3.88. The van der Waals surface area contributed by atoms with E-state index >= 15 is 0 Å². The molecule has 1 aromatic carbocycles. The van der Waals surface area contributed by atoms with Crippen LogP contribution in [0, 0.1) is 11.3 Å². The highest BCUT2D eigenvalue weighted by atomic mass is 35.5. The maximum absolute atomic E-state index is 12.4. The molecule has 3 rings (SSSR count). The van der Waals surface area contributed by atoms with Crippen LogP contribution in [0.4, 0.5) is 0 Å². The molecule has 1 aliphatic rings. The standard InChI is InChI=1S/C17H16ClN3O2S/c18-14-4-1-2-5-15(14)24-9-3-8-20-16(22)12(10-19)11-21(17(20)23)13-6-7-13/h1-2,4-5,11,13H,3,6-9H2. The second-order valence-electron chi connectivity index (χ2n) is 5.66. The molecule has 2 aromatic rings. The zero-order valence-corrected chi connectivity index (χ0v) is 14.5. The van der Waals surface area contributed by atoms with Crippen LogP contribution in [0.5, 0.6) is 0 Å². The van der Waals surface area contributed by atoms with Crippen LogP contribution in [0.1, 0.15) is 30.9 Å². The van der Waals surface area contributed by atoms with E-state index in [2.05, 4.69) is 0 Å². The number of hydrogen-bond donors (Lipinski definition) is 0. The lowest BCUT2D eigenvalue weighted by molar-refractivity contribution is 0.552. The Labute approximate surface area is 148 Å². The molecule has 0 bridgehead atoms. The molecule has 1 aliphatic carbocycles. The zero-order valence-electron chi connectivity index (χ0n) is 12.9. The molecule has 0 atom stereocenters. The van der Waals surface area contributed by atoms with Crippen LogP contribution in [-0.4, -0.2) is 14.9 Å². The molecule has 0 N–H and O–H groups in total. The Balaban J connectivity index is 1.72. The van der Waals surface area contributed by atoms with Crippen molar-refractivity contribution in [2.24, 2.45) is 0 Å². The predicted molar refractivity (Wildman–Crippen MR) is 94.7 cm³/mol. The van der Waals surface area contributed by atoms with E-state index in [9.17, 15) is 9.59 Å². The highest BCUT2D eigenvalue weighted by molar-refractivity contribution is 7.99. The summed E-state index contributed by atoms with van der Waals surface area (Å²) in [6, 6.07) is 9.59. The average molecular weight is 362 g/mol. The predicted octanol–water partition coefficient (Wildman–Crippen LogP) is 3.05. The summed E-state index contributed by atoms with van der Waals surface area (Å²) in [5.41, 5.74) is -0.786. The van der Waals surface area contributed by atoms with Crippen molar-refractivity contribution in [3.63, 3.8) is 0 Å². The van der Waals surface area contributed by atoms with Crippen molar-refractivity contribution in [1.29, 1.82) is 5.26 Å².